The highest BCUT2D eigenvalue weighted by Crippen LogP contribution is 2.10. The van der Waals surface area contributed by atoms with Gasteiger partial charge in [-0.2, -0.15) is 5.10 Å². The first-order valence-electron chi connectivity index (χ1n) is 4.73. The third-order valence-corrected chi connectivity index (χ3v) is 1.94. The van der Waals surface area contributed by atoms with E-state index in [2.05, 4.69) is 17.1 Å². The van der Waals surface area contributed by atoms with Crippen LogP contribution in [-0.4, -0.2) is 11.2 Å². The molecule has 0 amide bonds. The van der Waals surface area contributed by atoms with E-state index in [4.69, 9.17) is 5.84 Å². The van der Waals surface area contributed by atoms with Crippen molar-refractivity contribution >= 4 is 11.9 Å². The lowest BCUT2D eigenvalue weighted by Gasteiger charge is -2.13. The van der Waals surface area contributed by atoms with E-state index in [-0.39, 0.29) is 0 Å². The third-order valence-electron chi connectivity index (χ3n) is 1.94. The van der Waals surface area contributed by atoms with Crippen LogP contribution in [0.2, 0.25) is 0 Å². The van der Waals surface area contributed by atoms with Gasteiger partial charge in [0.15, 0.2) is 0 Å². The van der Waals surface area contributed by atoms with E-state index in [0.29, 0.717) is 6.54 Å². The Bertz CT molecular complexity index is 329. The van der Waals surface area contributed by atoms with Gasteiger partial charge in [0.25, 0.3) is 0 Å². The van der Waals surface area contributed by atoms with Crippen LogP contribution >= 0.6 is 0 Å². The monoisotopic (exact) mass is 204 g/mol. The second-order valence-electron chi connectivity index (χ2n) is 3.00. The predicted octanol–water partition coefficient (Wildman–Crippen LogP) is 1.92. The molecule has 0 atom stereocenters. The molecule has 1 aromatic carbocycles. The average Bonchev–Trinajstić information content (AvgIpc) is 2.29. The number of nitrogen functional groups attached to an aromatic ring is 1. The average molecular weight is 204 g/mol. The van der Waals surface area contributed by atoms with Gasteiger partial charge in [-0.05, 0) is 24.6 Å². The van der Waals surface area contributed by atoms with Crippen molar-refractivity contribution < 1.29 is 0 Å². The van der Waals surface area contributed by atoms with E-state index < -0.39 is 0 Å². The lowest BCUT2D eigenvalue weighted by atomic mass is 10.2. The molecule has 3 N–H and O–H groups in total. The number of nitrogens with zero attached hydrogens (tertiary/aromatic N) is 2. The highest BCUT2D eigenvalue weighted by Gasteiger charge is 1.97. The van der Waals surface area contributed by atoms with Gasteiger partial charge in [-0.1, -0.05) is 18.7 Å². The van der Waals surface area contributed by atoms with E-state index in [0.717, 1.165) is 11.3 Å². The number of benzene rings is 1. The van der Waals surface area contributed by atoms with Crippen LogP contribution in [0.25, 0.3) is 0 Å². The maximum Gasteiger partial charge on any atom is 0.0658 e. The van der Waals surface area contributed by atoms with Gasteiger partial charge in [0.2, 0.25) is 0 Å². The third kappa shape index (κ3) is 3.44. The number of hydrogen-bond acceptors (Lipinski definition) is 4. The fourth-order valence-electron chi connectivity index (χ4n) is 1.19. The zero-order valence-corrected chi connectivity index (χ0v) is 8.85. The van der Waals surface area contributed by atoms with Crippen LogP contribution in [0.5, 0.6) is 0 Å². The van der Waals surface area contributed by atoms with E-state index in [1.807, 2.05) is 31.2 Å². The van der Waals surface area contributed by atoms with Gasteiger partial charge >= 0.3 is 0 Å². The quantitative estimate of drug-likeness (QED) is 0.437. The first-order chi connectivity index (χ1) is 7.30. The summed E-state index contributed by atoms with van der Waals surface area (Å²) in [6, 6.07) is 7.84. The van der Waals surface area contributed by atoms with Crippen molar-refractivity contribution in [3.8, 4) is 0 Å². The highest BCUT2D eigenvalue weighted by atomic mass is 15.4. The van der Waals surface area contributed by atoms with Gasteiger partial charge < -0.3 is 5.43 Å². The van der Waals surface area contributed by atoms with Crippen LogP contribution in [0.3, 0.4) is 0 Å². The summed E-state index contributed by atoms with van der Waals surface area (Å²) in [4.78, 5) is 0. The van der Waals surface area contributed by atoms with Crippen LogP contribution in [-0.2, 0) is 6.54 Å². The molecule has 0 saturated heterocycles. The zero-order valence-electron chi connectivity index (χ0n) is 8.85. The van der Waals surface area contributed by atoms with Crippen molar-refractivity contribution in [1.29, 1.82) is 0 Å². The molecule has 1 rings (SSSR count). The van der Waals surface area contributed by atoms with Crippen molar-refractivity contribution in [3.05, 3.63) is 42.6 Å². The molecule has 80 valence electrons. The molecular weight excluding hydrogens is 188 g/mol. The van der Waals surface area contributed by atoms with E-state index in [1.165, 1.54) is 0 Å². The van der Waals surface area contributed by atoms with E-state index in [9.17, 15) is 0 Å². The summed E-state index contributed by atoms with van der Waals surface area (Å²) in [6.45, 7) is 6.27. The second-order valence-corrected chi connectivity index (χ2v) is 3.00. The molecule has 0 fully saturated rings. The minimum atomic E-state index is 0.707. The Kier molecular flexibility index (Phi) is 4.37. The molecular formula is C11H16N4. The largest absolute Gasteiger partial charge is 0.324 e. The van der Waals surface area contributed by atoms with Crippen LogP contribution in [0.15, 0.2) is 42.1 Å². The van der Waals surface area contributed by atoms with Gasteiger partial charge in [0, 0.05) is 18.1 Å². The lowest BCUT2D eigenvalue weighted by molar-refractivity contribution is 0.395. The number of hydrogen-bond donors (Lipinski definition) is 2. The maximum atomic E-state index is 5.27. The first-order valence-corrected chi connectivity index (χ1v) is 4.73. The molecule has 0 bridgehead atoms. The molecule has 0 spiro atoms. The number of rotatable bonds is 5. The minimum Gasteiger partial charge on any atom is -0.324 e. The molecule has 0 radical (unpaired) electrons. The van der Waals surface area contributed by atoms with Crippen molar-refractivity contribution in [2.75, 3.05) is 5.43 Å². The van der Waals surface area contributed by atoms with Crippen molar-refractivity contribution in [1.82, 2.24) is 5.01 Å². The number of hydrazine groups is 1. The molecule has 0 heterocycles. The molecule has 15 heavy (non-hydrogen) atoms. The predicted molar refractivity (Wildman–Crippen MR) is 64.2 cm³/mol. The zero-order chi connectivity index (χ0) is 11.1. The number of hydrazone groups is 1. The van der Waals surface area contributed by atoms with E-state index in [1.54, 1.807) is 17.4 Å². The molecule has 0 aromatic heterocycles. The van der Waals surface area contributed by atoms with Crippen molar-refractivity contribution in [2.24, 2.45) is 10.9 Å². The van der Waals surface area contributed by atoms with Crippen molar-refractivity contribution in [3.63, 3.8) is 0 Å². The Morgan fingerprint density at radius 1 is 1.47 bits per heavy atom. The maximum absolute atomic E-state index is 5.27. The Morgan fingerprint density at radius 2 is 2.13 bits per heavy atom. The van der Waals surface area contributed by atoms with Crippen LogP contribution in [0.4, 0.5) is 5.69 Å². The molecule has 0 saturated carbocycles. The Morgan fingerprint density at radius 3 is 2.60 bits per heavy atom. The summed E-state index contributed by atoms with van der Waals surface area (Å²) >= 11 is 0. The molecule has 4 heteroatoms. The Labute approximate surface area is 90.1 Å². The van der Waals surface area contributed by atoms with E-state index >= 15 is 0 Å². The fourth-order valence-corrected chi connectivity index (χ4v) is 1.19. The lowest BCUT2D eigenvalue weighted by Crippen LogP contribution is -2.09. The molecule has 4 nitrogen and oxygen atoms in total. The SMILES string of the molecule is C=CN(Cc1ccc(NN)cc1)/N=C\C. The first kappa shape index (κ1) is 11.3. The number of anilines is 1. The van der Waals surface area contributed by atoms with Gasteiger partial charge in [0.1, 0.15) is 0 Å². The smallest absolute Gasteiger partial charge is 0.0658 e. The Balaban J connectivity index is 2.66. The fraction of sp³-hybridized carbons (Fsp3) is 0.182. The summed E-state index contributed by atoms with van der Waals surface area (Å²) in [6.07, 6.45) is 3.42. The molecule has 0 aliphatic carbocycles. The topological polar surface area (TPSA) is 53.6 Å². The summed E-state index contributed by atoms with van der Waals surface area (Å²) < 4.78 is 0. The molecule has 0 aliphatic rings. The summed E-state index contributed by atoms with van der Waals surface area (Å²) in [5.41, 5.74) is 4.63. The number of nitrogens with one attached hydrogen (secondary N) is 1. The molecule has 1 aromatic rings. The van der Waals surface area contributed by atoms with Gasteiger partial charge in [-0.25, -0.2) is 0 Å². The standard InChI is InChI=1S/C11H16N4/c1-3-13-15(4-2)9-10-5-7-11(14-12)8-6-10/h3-8,14H,2,9,12H2,1H3/b13-3-. The van der Waals surface area contributed by atoms with Gasteiger partial charge in [-0.3, -0.25) is 10.9 Å². The normalized spacial score (nSPS) is 10.3. The summed E-state index contributed by atoms with van der Waals surface area (Å²) in [5.74, 6) is 5.27. The number of nitrogens with two attached hydrogens (primary N) is 1. The van der Waals surface area contributed by atoms with Crippen LogP contribution in [0, 0.1) is 0 Å². The van der Waals surface area contributed by atoms with Gasteiger partial charge in [-0.15, -0.1) is 0 Å². The minimum absolute atomic E-state index is 0.707. The summed E-state index contributed by atoms with van der Waals surface area (Å²) in [7, 11) is 0. The second kappa shape index (κ2) is 5.82. The van der Waals surface area contributed by atoms with Gasteiger partial charge in [0.05, 0.1) is 6.54 Å². The summed E-state index contributed by atoms with van der Waals surface area (Å²) in [5, 5.41) is 5.90. The van der Waals surface area contributed by atoms with Crippen molar-refractivity contribution in [2.45, 2.75) is 13.5 Å². The van der Waals surface area contributed by atoms with Crippen LogP contribution in [0.1, 0.15) is 12.5 Å². The highest BCUT2D eigenvalue weighted by molar-refractivity contribution is 5.52. The Hall–Kier alpha value is -1.81. The molecule has 0 unspecified atom stereocenters. The van der Waals surface area contributed by atoms with Crippen LogP contribution < -0.4 is 11.3 Å². The molecule has 0 aliphatic heterocycles.